The van der Waals surface area contributed by atoms with Crippen LogP contribution in [0.15, 0.2) is 0 Å². The standard InChI is InChI=1S/C11H22N2O/c1-3-5-12-6-7-13-9-10(4-2)8-11(13)14/h10,12H,3-9H2,1-2H3. The largest absolute Gasteiger partial charge is 0.341 e. The summed E-state index contributed by atoms with van der Waals surface area (Å²) in [7, 11) is 0. The van der Waals surface area contributed by atoms with Crippen molar-refractivity contribution < 1.29 is 4.79 Å². The van der Waals surface area contributed by atoms with E-state index in [0.29, 0.717) is 11.8 Å². The topological polar surface area (TPSA) is 32.3 Å². The molecule has 0 aromatic carbocycles. The lowest BCUT2D eigenvalue weighted by atomic mass is 10.1. The highest BCUT2D eigenvalue weighted by molar-refractivity contribution is 5.78. The minimum Gasteiger partial charge on any atom is -0.341 e. The number of hydrogen-bond acceptors (Lipinski definition) is 2. The van der Waals surface area contributed by atoms with E-state index in [1.165, 1.54) is 0 Å². The van der Waals surface area contributed by atoms with Crippen molar-refractivity contribution >= 4 is 5.91 Å². The van der Waals surface area contributed by atoms with Crippen LogP contribution in [0.2, 0.25) is 0 Å². The molecular formula is C11H22N2O. The predicted molar refractivity (Wildman–Crippen MR) is 58.1 cm³/mol. The van der Waals surface area contributed by atoms with Crippen molar-refractivity contribution in [1.82, 2.24) is 10.2 Å². The summed E-state index contributed by atoms with van der Waals surface area (Å²) >= 11 is 0. The molecule has 1 unspecified atom stereocenters. The van der Waals surface area contributed by atoms with Gasteiger partial charge in [0.25, 0.3) is 0 Å². The third-order valence-electron chi connectivity index (χ3n) is 2.86. The number of rotatable bonds is 6. The van der Waals surface area contributed by atoms with Crippen molar-refractivity contribution in [3.05, 3.63) is 0 Å². The molecule has 1 aliphatic heterocycles. The average molecular weight is 198 g/mol. The van der Waals surface area contributed by atoms with Crippen LogP contribution in [0, 0.1) is 5.92 Å². The second kappa shape index (κ2) is 6.02. The highest BCUT2D eigenvalue weighted by atomic mass is 16.2. The number of likely N-dealkylation sites (tertiary alicyclic amines) is 1. The third kappa shape index (κ3) is 3.29. The Morgan fingerprint density at radius 3 is 2.79 bits per heavy atom. The molecule has 0 saturated carbocycles. The molecule has 0 aromatic heterocycles. The molecular weight excluding hydrogens is 176 g/mol. The van der Waals surface area contributed by atoms with Gasteiger partial charge in [0.15, 0.2) is 0 Å². The SMILES string of the molecule is CCCNCCN1CC(CC)CC1=O. The highest BCUT2D eigenvalue weighted by Gasteiger charge is 2.27. The number of carbonyl (C=O) groups excluding carboxylic acids is 1. The van der Waals surface area contributed by atoms with Crippen LogP contribution >= 0.6 is 0 Å². The molecule has 82 valence electrons. The quantitative estimate of drug-likeness (QED) is 0.651. The van der Waals surface area contributed by atoms with Crippen molar-refractivity contribution in [3.8, 4) is 0 Å². The predicted octanol–water partition coefficient (Wildman–Crippen LogP) is 1.24. The van der Waals surface area contributed by atoms with Crippen LogP contribution in [0.4, 0.5) is 0 Å². The maximum atomic E-state index is 11.5. The zero-order chi connectivity index (χ0) is 10.4. The molecule has 14 heavy (non-hydrogen) atoms. The molecule has 3 nitrogen and oxygen atoms in total. The van der Waals surface area contributed by atoms with E-state index < -0.39 is 0 Å². The molecule has 1 heterocycles. The van der Waals surface area contributed by atoms with Gasteiger partial charge in [0.2, 0.25) is 5.91 Å². The minimum atomic E-state index is 0.343. The molecule has 3 heteroatoms. The van der Waals surface area contributed by atoms with Crippen LogP contribution in [-0.2, 0) is 4.79 Å². The molecule has 1 amide bonds. The summed E-state index contributed by atoms with van der Waals surface area (Å²) in [4.78, 5) is 13.5. The van der Waals surface area contributed by atoms with E-state index in [2.05, 4.69) is 19.2 Å². The van der Waals surface area contributed by atoms with Gasteiger partial charge in [-0.25, -0.2) is 0 Å². The van der Waals surface area contributed by atoms with Gasteiger partial charge in [0.05, 0.1) is 0 Å². The Labute approximate surface area is 86.9 Å². The molecule has 1 N–H and O–H groups in total. The highest BCUT2D eigenvalue weighted by Crippen LogP contribution is 2.19. The molecule has 0 aliphatic carbocycles. The van der Waals surface area contributed by atoms with Crippen molar-refractivity contribution in [3.63, 3.8) is 0 Å². The van der Waals surface area contributed by atoms with Gasteiger partial charge in [-0.05, 0) is 18.9 Å². The first kappa shape index (κ1) is 11.5. The Hall–Kier alpha value is -0.570. The van der Waals surface area contributed by atoms with E-state index >= 15 is 0 Å². The summed E-state index contributed by atoms with van der Waals surface area (Å²) in [6, 6.07) is 0. The maximum absolute atomic E-state index is 11.5. The lowest BCUT2D eigenvalue weighted by molar-refractivity contribution is -0.127. The van der Waals surface area contributed by atoms with Crippen LogP contribution in [0.1, 0.15) is 33.1 Å². The first-order valence-electron chi connectivity index (χ1n) is 5.76. The lowest BCUT2D eigenvalue weighted by Crippen LogP contribution is -2.33. The fraction of sp³-hybridized carbons (Fsp3) is 0.909. The Morgan fingerprint density at radius 1 is 1.43 bits per heavy atom. The minimum absolute atomic E-state index is 0.343. The Kier molecular flexibility index (Phi) is 4.94. The fourth-order valence-electron chi connectivity index (χ4n) is 1.86. The van der Waals surface area contributed by atoms with Gasteiger partial charge >= 0.3 is 0 Å². The van der Waals surface area contributed by atoms with Crippen LogP contribution in [0.25, 0.3) is 0 Å². The summed E-state index contributed by atoms with van der Waals surface area (Å²) in [5.74, 6) is 0.948. The van der Waals surface area contributed by atoms with Gasteiger partial charge < -0.3 is 10.2 Å². The Bertz CT molecular complexity index is 182. The second-order valence-corrected chi connectivity index (χ2v) is 4.07. The molecule has 0 bridgehead atoms. The third-order valence-corrected chi connectivity index (χ3v) is 2.86. The summed E-state index contributed by atoms with van der Waals surface area (Å²) in [5, 5.41) is 3.32. The maximum Gasteiger partial charge on any atom is 0.222 e. The van der Waals surface area contributed by atoms with Crippen LogP contribution < -0.4 is 5.32 Å². The van der Waals surface area contributed by atoms with Gasteiger partial charge in [-0.1, -0.05) is 20.3 Å². The van der Waals surface area contributed by atoms with Gasteiger partial charge in [-0.3, -0.25) is 4.79 Å². The van der Waals surface area contributed by atoms with Crippen molar-refractivity contribution in [1.29, 1.82) is 0 Å². The Balaban J connectivity index is 2.15. The molecule has 0 aromatic rings. The van der Waals surface area contributed by atoms with Crippen LogP contribution in [0.3, 0.4) is 0 Å². The summed E-state index contributed by atoms with van der Waals surface area (Å²) in [5.41, 5.74) is 0. The van der Waals surface area contributed by atoms with E-state index in [9.17, 15) is 4.79 Å². The van der Waals surface area contributed by atoms with Gasteiger partial charge in [-0.15, -0.1) is 0 Å². The fourth-order valence-corrected chi connectivity index (χ4v) is 1.86. The Morgan fingerprint density at radius 2 is 2.21 bits per heavy atom. The lowest BCUT2D eigenvalue weighted by Gasteiger charge is -2.16. The van der Waals surface area contributed by atoms with Gasteiger partial charge in [0.1, 0.15) is 0 Å². The molecule has 1 aliphatic rings. The van der Waals surface area contributed by atoms with Gasteiger partial charge in [-0.2, -0.15) is 0 Å². The molecule has 0 radical (unpaired) electrons. The zero-order valence-electron chi connectivity index (χ0n) is 9.38. The molecule has 0 spiro atoms. The smallest absolute Gasteiger partial charge is 0.222 e. The summed E-state index contributed by atoms with van der Waals surface area (Å²) in [6.07, 6.45) is 3.06. The molecule has 1 fully saturated rings. The first-order valence-corrected chi connectivity index (χ1v) is 5.76. The summed E-state index contributed by atoms with van der Waals surface area (Å²) < 4.78 is 0. The molecule has 1 rings (SSSR count). The van der Waals surface area contributed by atoms with E-state index in [0.717, 1.165) is 45.4 Å². The van der Waals surface area contributed by atoms with E-state index in [4.69, 9.17) is 0 Å². The second-order valence-electron chi connectivity index (χ2n) is 4.07. The molecule has 1 atom stereocenters. The van der Waals surface area contributed by atoms with Gasteiger partial charge in [0, 0.05) is 26.1 Å². The first-order chi connectivity index (χ1) is 6.77. The monoisotopic (exact) mass is 198 g/mol. The van der Waals surface area contributed by atoms with Crippen LogP contribution in [-0.4, -0.2) is 37.0 Å². The average Bonchev–Trinajstić information content (AvgIpc) is 2.54. The van der Waals surface area contributed by atoms with Crippen molar-refractivity contribution in [2.45, 2.75) is 33.1 Å². The number of carbonyl (C=O) groups is 1. The van der Waals surface area contributed by atoms with E-state index in [1.54, 1.807) is 0 Å². The van der Waals surface area contributed by atoms with E-state index in [1.807, 2.05) is 4.90 Å². The van der Waals surface area contributed by atoms with Crippen LogP contribution in [0.5, 0.6) is 0 Å². The number of nitrogens with one attached hydrogen (secondary N) is 1. The van der Waals surface area contributed by atoms with E-state index in [-0.39, 0.29) is 0 Å². The number of nitrogens with zero attached hydrogens (tertiary/aromatic N) is 1. The number of hydrogen-bond donors (Lipinski definition) is 1. The van der Waals surface area contributed by atoms with Crippen molar-refractivity contribution in [2.24, 2.45) is 5.92 Å². The normalized spacial score (nSPS) is 22.0. The molecule has 1 saturated heterocycles. The van der Waals surface area contributed by atoms with Crippen molar-refractivity contribution in [2.75, 3.05) is 26.2 Å². The zero-order valence-corrected chi connectivity index (χ0v) is 9.38. The number of amides is 1. The summed E-state index contributed by atoms with van der Waals surface area (Å²) in [6.45, 7) is 8.17.